The molecule has 4 nitrogen and oxygen atoms in total. The van der Waals surface area contributed by atoms with Crippen LogP contribution in [-0.2, 0) is 4.79 Å². The van der Waals surface area contributed by atoms with Crippen LogP contribution < -0.4 is 5.32 Å². The summed E-state index contributed by atoms with van der Waals surface area (Å²) in [5.41, 5.74) is 0. The summed E-state index contributed by atoms with van der Waals surface area (Å²) >= 11 is 0. The van der Waals surface area contributed by atoms with Crippen molar-refractivity contribution in [2.75, 3.05) is 32.7 Å². The van der Waals surface area contributed by atoms with E-state index in [2.05, 4.69) is 35.9 Å². The number of hydrogen-bond acceptors (Lipinski definition) is 3. The molecule has 0 bridgehead atoms. The van der Waals surface area contributed by atoms with Crippen LogP contribution in [0, 0.1) is 5.92 Å². The maximum atomic E-state index is 12.6. The second kappa shape index (κ2) is 8.14. The molecule has 0 aromatic heterocycles. The minimum atomic E-state index is 0.0714. The molecule has 2 fully saturated rings. The molecule has 1 N–H and O–H groups in total. The van der Waals surface area contributed by atoms with Gasteiger partial charge in [-0.3, -0.25) is 9.69 Å². The van der Waals surface area contributed by atoms with Crippen LogP contribution in [0.2, 0.25) is 0 Å². The van der Waals surface area contributed by atoms with Crippen LogP contribution in [0.25, 0.3) is 0 Å². The summed E-state index contributed by atoms with van der Waals surface area (Å²) in [7, 11) is 0. The number of piperidine rings is 2. The number of carbonyl (C=O) groups is 1. The molecule has 4 heteroatoms. The molecule has 0 aliphatic carbocycles. The van der Waals surface area contributed by atoms with Crippen molar-refractivity contribution in [1.82, 2.24) is 15.1 Å². The summed E-state index contributed by atoms with van der Waals surface area (Å²) in [5.74, 6) is 1.13. The SMILES string of the molecule is CC(C)NCC1CCN(C(C)C(=O)N2CCCCC2)CC1. The van der Waals surface area contributed by atoms with Gasteiger partial charge in [-0.2, -0.15) is 0 Å². The molecule has 1 unspecified atom stereocenters. The first-order chi connectivity index (χ1) is 10.1. The second-order valence-corrected chi connectivity index (χ2v) is 7.10. The van der Waals surface area contributed by atoms with Crippen LogP contribution >= 0.6 is 0 Å². The molecule has 0 spiro atoms. The average Bonchev–Trinajstić information content (AvgIpc) is 2.53. The Morgan fingerprint density at radius 1 is 1.05 bits per heavy atom. The van der Waals surface area contributed by atoms with E-state index in [0.717, 1.165) is 38.6 Å². The number of amides is 1. The predicted molar refractivity (Wildman–Crippen MR) is 87.3 cm³/mol. The largest absolute Gasteiger partial charge is 0.341 e. The van der Waals surface area contributed by atoms with Gasteiger partial charge in [-0.15, -0.1) is 0 Å². The van der Waals surface area contributed by atoms with Gasteiger partial charge in [0.05, 0.1) is 6.04 Å². The third kappa shape index (κ3) is 4.96. The number of nitrogens with one attached hydrogen (secondary N) is 1. The standard InChI is InChI=1S/C17H33N3O/c1-14(2)18-13-16-7-11-19(12-8-16)15(3)17(21)20-9-5-4-6-10-20/h14-16,18H,4-13H2,1-3H3. The number of nitrogens with zero attached hydrogens (tertiary/aromatic N) is 2. The van der Waals surface area contributed by atoms with Crippen molar-refractivity contribution < 1.29 is 4.79 Å². The lowest BCUT2D eigenvalue weighted by atomic mass is 9.95. The van der Waals surface area contributed by atoms with Gasteiger partial charge in [0.1, 0.15) is 0 Å². The molecule has 0 saturated carbocycles. The zero-order valence-electron chi connectivity index (χ0n) is 14.1. The van der Waals surface area contributed by atoms with Gasteiger partial charge in [-0.1, -0.05) is 13.8 Å². The molecule has 0 aromatic rings. The third-order valence-corrected chi connectivity index (χ3v) is 5.04. The van der Waals surface area contributed by atoms with E-state index >= 15 is 0 Å². The topological polar surface area (TPSA) is 35.6 Å². The van der Waals surface area contributed by atoms with Gasteiger partial charge in [0.2, 0.25) is 5.91 Å². The van der Waals surface area contributed by atoms with E-state index in [1.807, 2.05) is 0 Å². The number of hydrogen-bond donors (Lipinski definition) is 1. The van der Waals surface area contributed by atoms with Gasteiger partial charge in [-0.05, 0) is 64.6 Å². The van der Waals surface area contributed by atoms with Gasteiger partial charge >= 0.3 is 0 Å². The highest BCUT2D eigenvalue weighted by atomic mass is 16.2. The maximum Gasteiger partial charge on any atom is 0.239 e. The van der Waals surface area contributed by atoms with Crippen molar-refractivity contribution in [3.8, 4) is 0 Å². The number of rotatable bonds is 5. The van der Waals surface area contributed by atoms with Crippen molar-refractivity contribution in [2.24, 2.45) is 5.92 Å². The van der Waals surface area contributed by atoms with Gasteiger partial charge < -0.3 is 10.2 Å². The van der Waals surface area contributed by atoms with Crippen LogP contribution in [0.4, 0.5) is 0 Å². The Kier molecular flexibility index (Phi) is 6.49. The Morgan fingerprint density at radius 2 is 1.67 bits per heavy atom. The molecular weight excluding hydrogens is 262 g/mol. The van der Waals surface area contributed by atoms with Gasteiger partial charge in [0.25, 0.3) is 0 Å². The van der Waals surface area contributed by atoms with E-state index in [0.29, 0.717) is 11.9 Å². The zero-order chi connectivity index (χ0) is 15.2. The maximum absolute atomic E-state index is 12.6. The van der Waals surface area contributed by atoms with Gasteiger partial charge in [-0.25, -0.2) is 0 Å². The van der Waals surface area contributed by atoms with E-state index in [-0.39, 0.29) is 6.04 Å². The van der Waals surface area contributed by atoms with Crippen molar-refractivity contribution in [3.63, 3.8) is 0 Å². The van der Waals surface area contributed by atoms with Gasteiger partial charge in [0, 0.05) is 19.1 Å². The molecule has 2 rings (SSSR count). The molecule has 0 radical (unpaired) electrons. The van der Waals surface area contributed by atoms with Crippen molar-refractivity contribution in [1.29, 1.82) is 0 Å². The Morgan fingerprint density at radius 3 is 2.24 bits per heavy atom. The second-order valence-electron chi connectivity index (χ2n) is 7.10. The third-order valence-electron chi connectivity index (χ3n) is 5.04. The lowest BCUT2D eigenvalue weighted by Gasteiger charge is -2.38. The first-order valence-electron chi connectivity index (χ1n) is 8.84. The average molecular weight is 295 g/mol. The number of likely N-dealkylation sites (tertiary alicyclic amines) is 2. The first kappa shape index (κ1) is 16.8. The van der Waals surface area contributed by atoms with E-state index in [4.69, 9.17) is 0 Å². The highest BCUT2D eigenvalue weighted by molar-refractivity contribution is 5.81. The predicted octanol–water partition coefficient (Wildman–Crippen LogP) is 2.10. The minimum absolute atomic E-state index is 0.0714. The molecule has 1 amide bonds. The molecule has 2 aliphatic rings. The van der Waals surface area contributed by atoms with E-state index in [1.165, 1.54) is 32.1 Å². The Labute approximate surface area is 130 Å². The number of carbonyl (C=O) groups excluding carboxylic acids is 1. The molecule has 2 heterocycles. The summed E-state index contributed by atoms with van der Waals surface area (Å²) in [4.78, 5) is 17.0. The lowest BCUT2D eigenvalue weighted by molar-refractivity contribution is -0.137. The highest BCUT2D eigenvalue weighted by Crippen LogP contribution is 2.20. The molecule has 2 saturated heterocycles. The Bertz CT molecular complexity index is 318. The van der Waals surface area contributed by atoms with Crippen molar-refractivity contribution >= 4 is 5.91 Å². The molecule has 122 valence electrons. The Hall–Kier alpha value is -0.610. The van der Waals surface area contributed by atoms with Crippen LogP contribution in [0.5, 0.6) is 0 Å². The minimum Gasteiger partial charge on any atom is -0.341 e. The molecule has 21 heavy (non-hydrogen) atoms. The summed E-state index contributed by atoms with van der Waals surface area (Å²) in [6.45, 7) is 11.7. The first-order valence-corrected chi connectivity index (χ1v) is 8.84. The van der Waals surface area contributed by atoms with Crippen LogP contribution in [0.15, 0.2) is 0 Å². The van der Waals surface area contributed by atoms with Gasteiger partial charge in [0.15, 0.2) is 0 Å². The summed E-state index contributed by atoms with van der Waals surface area (Å²) < 4.78 is 0. The van der Waals surface area contributed by atoms with Crippen molar-refractivity contribution in [3.05, 3.63) is 0 Å². The summed E-state index contributed by atoms with van der Waals surface area (Å²) in [6.07, 6.45) is 6.09. The van der Waals surface area contributed by atoms with Crippen molar-refractivity contribution in [2.45, 2.75) is 65.0 Å². The fourth-order valence-electron chi connectivity index (χ4n) is 3.48. The van der Waals surface area contributed by atoms with Crippen LogP contribution in [-0.4, -0.2) is 60.5 Å². The molecule has 0 aromatic carbocycles. The normalized spacial score (nSPS) is 23.5. The smallest absolute Gasteiger partial charge is 0.239 e. The quantitative estimate of drug-likeness (QED) is 0.844. The molecular formula is C17H33N3O. The van der Waals surface area contributed by atoms with E-state index < -0.39 is 0 Å². The summed E-state index contributed by atoms with van der Waals surface area (Å²) in [5, 5.41) is 3.54. The fraction of sp³-hybridized carbons (Fsp3) is 0.941. The van der Waals surface area contributed by atoms with Crippen LogP contribution in [0.3, 0.4) is 0 Å². The lowest BCUT2D eigenvalue weighted by Crippen LogP contribution is -2.51. The fourth-order valence-corrected chi connectivity index (χ4v) is 3.48. The Balaban J connectivity index is 1.74. The zero-order valence-corrected chi connectivity index (χ0v) is 14.1. The van der Waals surface area contributed by atoms with E-state index in [1.54, 1.807) is 0 Å². The summed E-state index contributed by atoms with van der Waals surface area (Å²) in [6, 6.07) is 0.643. The van der Waals surface area contributed by atoms with Crippen LogP contribution in [0.1, 0.15) is 52.9 Å². The highest BCUT2D eigenvalue weighted by Gasteiger charge is 2.29. The molecule has 1 atom stereocenters. The monoisotopic (exact) mass is 295 g/mol. The van der Waals surface area contributed by atoms with E-state index in [9.17, 15) is 4.79 Å². The molecule has 2 aliphatic heterocycles.